The molecule has 0 spiro atoms. The van der Waals surface area contributed by atoms with Crippen LogP contribution in [0.3, 0.4) is 0 Å². The van der Waals surface area contributed by atoms with Gasteiger partial charge in [-0.3, -0.25) is 4.79 Å². The number of hydrogen-bond donors (Lipinski definition) is 2. The summed E-state index contributed by atoms with van der Waals surface area (Å²) in [5.41, 5.74) is 13.6. The normalized spacial score (nSPS) is 14.1. The third-order valence-electron chi connectivity index (χ3n) is 3.20. The Morgan fingerprint density at radius 3 is 2.65 bits per heavy atom. The first-order valence-corrected chi connectivity index (χ1v) is 5.57. The van der Waals surface area contributed by atoms with Gasteiger partial charge >= 0.3 is 5.97 Å². The fourth-order valence-electron chi connectivity index (χ4n) is 1.79. The molecular weight excluding hydrogens is 216 g/mol. The van der Waals surface area contributed by atoms with Crippen molar-refractivity contribution in [2.45, 2.75) is 20.3 Å². The highest BCUT2D eigenvalue weighted by Gasteiger charge is 2.33. The number of methoxy groups -OCH3 is 1. The van der Waals surface area contributed by atoms with Crippen molar-refractivity contribution in [1.82, 2.24) is 0 Å². The lowest BCUT2D eigenvalue weighted by Crippen LogP contribution is -2.38. The first-order valence-electron chi connectivity index (χ1n) is 5.57. The molecular formula is C13H20N2O2. The number of nitrogens with two attached hydrogens (primary N) is 2. The van der Waals surface area contributed by atoms with Crippen molar-refractivity contribution in [2.24, 2.45) is 11.1 Å². The monoisotopic (exact) mass is 236 g/mol. The Morgan fingerprint density at radius 2 is 2.12 bits per heavy atom. The van der Waals surface area contributed by atoms with Crippen LogP contribution < -0.4 is 11.5 Å². The molecule has 1 atom stereocenters. The van der Waals surface area contributed by atoms with E-state index in [2.05, 4.69) is 0 Å². The second-order valence-electron chi connectivity index (χ2n) is 4.56. The average molecular weight is 236 g/mol. The molecule has 0 saturated heterocycles. The maximum Gasteiger partial charge on any atom is 0.313 e. The van der Waals surface area contributed by atoms with Gasteiger partial charge in [-0.05, 0) is 37.5 Å². The van der Waals surface area contributed by atoms with Crippen LogP contribution in [0.1, 0.15) is 18.1 Å². The fourth-order valence-corrected chi connectivity index (χ4v) is 1.79. The van der Waals surface area contributed by atoms with Crippen molar-refractivity contribution < 1.29 is 9.53 Å². The summed E-state index contributed by atoms with van der Waals surface area (Å²) < 4.78 is 4.80. The predicted octanol–water partition coefficient (Wildman–Crippen LogP) is 1.26. The van der Waals surface area contributed by atoms with E-state index < -0.39 is 5.41 Å². The molecule has 0 aliphatic heterocycles. The van der Waals surface area contributed by atoms with Crippen LogP contribution >= 0.6 is 0 Å². The van der Waals surface area contributed by atoms with E-state index in [4.69, 9.17) is 16.2 Å². The zero-order valence-electron chi connectivity index (χ0n) is 10.6. The Bertz CT molecular complexity index is 418. The molecule has 1 rings (SSSR count). The van der Waals surface area contributed by atoms with Crippen LogP contribution in [0.5, 0.6) is 0 Å². The van der Waals surface area contributed by atoms with Crippen molar-refractivity contribution in [1.29, 1.82) is 0 Å². The number of carbonyl (C=O) groups is 1. The van der Waals surface area contributed by atoms with E-state index >= 15 is 0 Å². The smallest absolute Gasteiger partial charge is 0.313 e. The Labute approximate surface area is 102 Å². The minimum absolute atomic E-state index is 0.244. The molecule has 1 unspecified atom stereocenters. The highest BCUT2D eigenvalue weighted by Crippen LogP contribution is 2.26. The van der Waals surface area contributed by atoms with Gasteiger partial charge < -0.3 is 16.2 Å². The third-order valence-corrected chi connectivity index (χ3v) is 3.20. The molecule has 0 saturated carbocycles. The summed E-state index contributed by atoms with van der Waals surface area (Å²) in [5.74, 6) is -0.290. The number of rotatable bonds is 4. The Morgan fingerprint density at radius 1 is 1.47 bits per heavy atom. The molecule has 0 radical (unpaired) electrons. The van der Waals surface area contributed by atoms with Gasteiger partial charge in [0.05, 0.1) is 12.5 Å². The molecule has 0 fully saturated rings. The highest BCUT2D eigenvalue weighted by atomic mass is 16.5. The molecule has 94 valence electrons. The Hall–Kier alpha value is -1.55. The van der Waals surface area contributed by atoms with Gasteiger partial charge in [0.25, 0.3) is 0 Å². The Kier molecular flexibility index (Phi) is 4.12. The van der Waals surface area contributed by atoms with Crippen molar-refractivity contribution in [2.75, 3.05) is 19.4 Å². The van der Waals surface area contributed by atoms with Crippen LogP contribution in [0.25, 0.3) is 0 Å². The average Bonchev–Trinajstić information content (AvgIpc) is 2.33. The van der Waals surface area contributed by atoms with E-state index in [9.17, 15) is 4.79 Å². The standard InChI is InChI=1S/C13H20N2O2/c1-9-10(5-4-6-11(9)15)7-13(2,8-14)12(16)17-3/h4-6H,7-8,14-15H2,1-3H3. The molecule has 1 aromatic carbocycles. The van der Waals surface area contributed by atoms with E-state index in [1.807, 2.05) is 32.0 Å². The molecule has 0 aliphatic rings. The second kappa shape index (κ2) is 5.19. The Balaban J connectivity index is 3.03. The fraction of sp³-hybridized carbons (Fsp3) is 0.462. The van der Waals surface area contributed by atoms with Crippen LogP contribution in [0.4, 0.5) is 5.69 Å². The summed E-state index contributed by atoms with van der Waals surface area (Å²) in [5, 5.41) is 0. The molecule has 1 aromatic rings. The summed E-state index contributed by atoms with van der Waals surface area (Å²) in [6.45, 7) is 3.99. The number of carbonyl (C=O) groups excluding carboxylic acids is 1. The second-order valence-corrected chi connectivity index (χ2v) is 4.56. The SMILES string of the molecule is COC(=O)C(C)(CN)Cc1cccc(N)c1C. The van der Waals surface area contributed by atoms with Crippen LogP contribution in [-0.4, -0.2) is 19.6 Å². The van der Waals surface area contributed by atoms with Crippen molar-refractivity contribution in [3.8, 4) is 0 Å². The van der Waals surface area contributed by atoms with Crippen molar-refractivity contribution in [3.63, 3.8) is 0 Å². The summed E-state index contributed by atoms with van der Waals surface area (Å²) in [6, 6.07) is 5.69. The number of hydrogen-bond acceptors (Lipinski definition) is 4. The minimum Gasteiger partial charge on any atom is -0.469 e. The highest BCUT2D eigenvalue weighted by molar-refractivity contribution is 5.77. The molecule has 0 heterocycles. The molecule has 4 N–H and O–H groups in total. The zero-order valence-corrected chi connectivity index (χ0v) is 10.6. The molecule has 0 amide bonds. The maximum absolute atomic E-state index is 11.7. The van der Waals surface area contributed by atoms with Gasteiger partial charge in [0, 0.05) is 12.2 Å². The minimum atomic E-state index is -0.701. The zero-order chi connectivity index (χ0) is 13.1. The summed E-state index contributed by atoms with van der Waals surface area (Å²) in [4.78, 5) is 11.7. The first-order chi connectivity index (χ1) is 7.94. The predicted molar refractivity (Wildman–Crippen MR) is 68.5 cm³/mol. The molecule has 0 aliphatic carbocycles. The van der Waals surface area contributed by atoms with Crippen molar-refractivity contribution >= 4 is 11.7 Å². The van der Waals surface area contributed by atoms with E-state index in [-0.39, 0.29) is 12.5 Å². The topological polar surface area (TPSA) is 78.3 Å². The summed E-state index contributed by atoms with van der Waals surface area (Å²) in [7, 11) is 1.38. The van der Waals surface area contributed by atoms with Gasteiger partial charge in [-0.1, -0.05) is 12.1 Å². The number of esters is 1. The van der Waals surface area contributed by atoms with Crippen LogP contribution in [-0.2, 0) is 16.0 Å². The van der Waals surface area contributed by atoms with Gasteiger partial charge in [-0.2, -0.15) is 0 Å². The van der Waals surface area contributed by atoms with E-state index in [1.165, 1.54) is 7.11 Å². The summed E-state index contributed by atoms with van der Waals surface area (Å²) in [6.07, 6.45) is 0.535. The van der Waals surface area contributed by atoms with Gasteiger partial charge in [-0.25, -0.2) is 0 Å². The lowest BCUT2D eigenvalue weighted by atomic mass is 9.82. The quantitative estimate of drug-likeness (QED) is 0.609. The van der Waals surface area contributed by atoms with Crippen LogP contribution in [0, 0.1) is 12.3 Å². The lowest BCUT2D eigenvalue weighted by Gasteiger charge is -2.25. The number of nitrogen functional groups attached to an aromatic ring is 1. The lowest BCUT2D eigenvalue weighted by molar-refractivity contribution is -0.151. The first kappa shape index (κ1) is 13.5. The largest absolute Gasteiger partial charge is 0.469 e. The van der Waals surface area contributed by atoms with E-state index in [1.54, 1.807) is 0 Å². The van der Waals surface area contributed by atoms with Gasteiger partial charge in [-0.15, -0.1) is 0 Å². The molecule has 0 bridgehead atoms. The van der Waals surface area contributed by atoms with Crippen molar-refractivity contribution in [3.05, 3.63) is 29.3 Å². The number of ether oxygens (including phenoxy) is 1. The molecule has 4 heteroatoms. The summed E-state index contributed by atoms with van der Waals surface area (Å²) >= 11 is 0. The number of anilines is 1. The van der Waals surface area contributed by atoms with Crippen LogP contribution in [0.15, 0.2) is 18.2 Å². The third kappa shape index (κ3) is 2.77. The van der Waals surface area contributed by atoms with Gasteiger partial charge in [0.1, 0.15) is 0 Å². The molecule has 0 aromatic heterocycles. The number of benzene rings is 1. The van der Waals surface area contributed by atoms with Crippen LogP contribution in [0.2, 0.25) is 0 Å². The molecule has 17 heavy (non-hydrogen) atoms. The van der Waals surface area contributed by atoms with Gasteiger partial charge in [0.15, 0.2) is 0 Å². The van der Waals surface area contributed by atoms with Gasteiger partial charge in [0.2, 0.25) is 0 Å². The maximum atomic E-state index is 11.7. The van der Waals surface area contributed by atoms with E-state index in [0.717, 1.165) is 16.8 Å². The van der Waals surface area contributed by atoms with E-state index in [0.29, 0.717) is 6.42 Å². The molecule has 4 nitrogen and oxygen atoms in total.